The van der Waals surface area contributed by atoms with E-state index in [1.165, 1.54) is 0 Å². The first-order valence-electron chi connectivity index (χ1n) is 4.92. The van der Waals surface area contributed by atoms with Crippen molar-refractivity contribution in [3.63, 3.8) is 0 Å². The Morgan fingerprint density at radius 1 is 1.53 bits per heavy atom. The lowest BCUT2D eigenvalue weighted by atomic mass is 10.2. The second-order valence-electron chi connectivity index (χ2n) is 3.21. The molecule has 1 unspecified atom stereocenters. The average Bonchev–Trinajstić information content (AvgIpc) is 2.28. The van der Waals surface area contributed by atoms with Gasteiger partial charge in [0.25, 0.3) is 0 Å². The van der Waals surface area contributed by atoms with Crippen LogP contribution in [0.5, 0.6) is 5.75 Å². The minimum Gasteiger partial charge on any atom is -0.465 e. The van der Waals surface area contributed by atoms with E-state index in [2.05, 4.69) is 4.98 Å². The van der Waals surface area contributed by atoms with Gasteiger partial charge < -0.3 is 9.47 Å². The summed E-state index contributed by atoms with van der Waals surface area (Å²) in [4.78, 5) is 4.16. The number of nitrogens with zero attached hydrogens (tertiary/aromatic N) is 1. The lowest BCUT2D eigenvalue weighted by Gasteiger charge is -2.17. The molecule has 0 aliphatic carbocycles. The lowest BCUT2D eigenvalue weighted by Crippen LogP contribution is -2.18. The predicted octanol–water partition coefficient (Wildman–Crippen LogP) is 2.89. The molecule has 0 radical (unpaired) electrons. The van der Waals surface area contributed by atoms with Crippen molar-refractivity contribution < 1.29 is 9.47 Å². The van der Waals surface area contributed by atoms with Crippen LogP contribution in [0.2, 0.25) is 0 Å². The fourth-order valence-corrected chi connectivity index (χ4v) is 1.53. The fourth-order valence-electron chi connectivity index (χ4n) is 1.26. The number of aromatic nitrogens is 1. The Morgan fingerprint density at radius 2 is 2.27 bits per heavy atom. The van der Waals surface area contributed by atoms with Gasteiger partial charge in [0, 0.05) is 25.3 Å². The van der Waals surface area contributed by atoms with Crippen molar-refractivity contribution in [1.82, 2.24) is 4.98 Å². The van der Waals surface area contributed by atoms with E-state index in [0.717, 1.165) is 23.4 Å². The molecule has 0 aromatic carbocycles. The quantitative estimate of drug-likeness (QED) is 0.575. The normalized spacial score (nSPS) is 12.5. The molecule has 3 nitrogen and oxygen atoms in total. The second-order valence-corrected chi connectivity index (χ2v) is 3.47. The van der Waals surface area contributed by atoms with Gasteiger partial charge >= 0.3 is 0 Å². The molecule has 0 saturated heterocycles. The first-order chi connectivity index (χ1) is 7.22. The van der Waals surface area contributed by atoms with Crippen molar-refractivity contribution in [3.05, 3.63) is 23.5 Å². The Balaban J connectivity index is 2.85. The second kappa shape index (κ2) is 5.93. The summed E-state index contributed by atoms with van der Waals surface area (Å²) in [6.07, 6.45) is 2.28. The van der Waals surface area contributed by atoms with Crippen molar-refractivity contribution in [3.8, 4) is 5.75 Å². The molecule has 0 fully saturated rings. The van der Waals surface area contributed by atoms with Crippen LogP contribution in [-0.2, 0) is 10.6 Å². The van der Waals surface area contributed by atoms with E-state index in [1.807, 2.05) is 19.9 Å². The van der Waals surface area contributed by atoms with E-state index in [-0.39, 0.29) is 6.29 Å². The smallest absolute Gasteiger partial charge is 0.199 e. The minimum absolute atomic E-state index is 0.214. The summed E-state index contributed by atoms with van der Waals surface area (Å²) in [5, 5.41) is 0. The number of methoxy groups -OCH3 is 1. The zero-order valence-electron chi connectivity index (χ0n) is 9.29. The number of ether oxygens (including phenoxy) is 2. The first kappa shape index (κ1) is 12.3. The molecule has 0 amide bonds. The number of hydrogen-bond donors (Lipinski definition) is 0. The first-order valence-corrected chi connectivity index (χ1v) is 5.46. The van der Waals surface area contributed by atoms with Crippen molar-refractivity contribution in [1.29, 1.82) is 0 Å². The van der Waals surface area contributed by atoms with Gasteiger partial charge in [0.1, 0.15) is 5.75 Å². The van der Waals surface area contributed by atoms with Gasteiger partial charge in [-0.05, 0) is 13.0 Å². The molecule has 1 heterocycles. The summed E-state index contributed by atoms with van der Waals surface area (Å²) in [7, 11) is 1.63. The molecule has 84 valence electrons. The highest BCUT2D eigenvalue weighted by Crippen LogP contribution is 2.22. The van der Waals surface area contributed by atoms with Gasteiger partial charge in [-0.25, -0.2) is 0 Å². The SMILES string of the molecule is CCC(OC)Oc1ccnc(CCl)c1C. The van der Waals surface area contributed by atoms with Crippen LogP contribution in [0.1, 0.15) is 24.6 Å². The van der Waals surface area contributed by atoms with Crippen molar-refractivity contribution in [2.24, 2.45) is 0 Å². The number of pyridine rings is 1. The molecule has 0 aliphatic heterocycles. The zero-order valence-corrected chi connectivity index (χ0v) is 10.0. The Morgan fingerprint density at radius 3 is 2.80 bits per heavy atom. The number of halogens is 1. The largest absolute Gasteiger partial charge is 0.465 e. The Hall–Kier alpha value is -0.800. The molecule has 1 rings (SSSR count). The van der Waals surface area contributed by atoms with E-state index in [4.69, 9.17) is 21.1 Å². The highest BCUT2D eigenvalue weighted by Gasteiger charge is 2.10. The summed E-state index contributed by atoms with van der Waals surface area (Å²) in [5.74, 6) is 1.18. The molecule has 15 heavy (non-hydrogen) atoms. The summed E-state index contributed by atoms with van der Waals surface area (Å²) in [5.41, 5.74) is 1.82. The van der Waals surface area contributed by atoms with Gasteiger partial charge in [-0.3, -0.25) is 4.98 Å². The van der Waals surface area contributed by atoms with E-state index < -0.39 is 0 Å². The van der Waals surface area contributed by atoms with Crippen LogP contribution < -0.4 is 4.74 Å². The summed E-state index contributed by atoms with van der Waals surface area (Å²) in [6.45, 7) is 3.95. The van der Waals surface area contributed by atoms with Gasteiger partial charge in [0.05, 0.1) is 11.6 Å². The zero-order chi connectivity index (χ0) is 11.3. The molecule has 4 heteroatoms. The van der Waals surface area contributed by atoms with Crippen molar-refractivity contribution in [2.45, 2.75) is 32.4 Å². The molecule has 0 bridgehead atoms. The molecular weight excluding hydrogens is 214 g/mol. The van der Waals surface area contributed by atoms with E-state index in [0.29, 0.717) is 5.88 Å². The molecule has 1 aromatic rings. The maximum Gasteiger partial charge on any atom is 0.199 e. The van der Waals surface area contributed by atoms with Gasteiger partial charge in [0.2, 0.25) is 0 Å². The average molecular weight is 230 g/mol. The van der Waals surface area contributed by atoms with Crippen LogP contribution in [-0.4, -0.2) is 18.4 Å². The monoisotopic (exact) mass is 229 g/mol. The van der Waals surface area contributed by atoms with Gasteiger partial charge in [-0.1, -0.05) is 6.92 Å². The Kier molecular flexibility index (Phi) is 4.85. The predicted molar refractivity (Wildman–Crippen MR) is 60.2 cm³/mol. The minimum atomic E-state index is -0.214. The highest BCUT2D eigenvalue weighted by molar-refractivity contribution is 6.17. The third-order valence-electron chi connectivity index (χ3n) is 2.24. The van der Waals surface area contributed by atoms with Gasteiger partial charge in [0.15, 0.2) is 6.29 Å². The highest BCUT2D eigenvalue weighted by atomic mass is 35.5. The summed E-state index contributed by atoms with van der Waals surface area (Å²) in [6, 6.07) is 1.83. The fraction of sp³-hybridized carbons (Fsp3) is 0.545. The Labute approximate surface area is 95.4 Å². The molecule has 1 aromatic heterocycles. The van der Waals surface area contributed by atoms with Gasteiger partial charge in [-0.2, -0.15) is 0 Å². The maximum absolute atomic E-state index is 5.76. The van der Waals surface area contributed by atoms with Crippen LogP contribution in [0, 0.1) is 6.92 Å². The molecule has 1 atom stereocenters. The van der Waals surface area contributed by atoms with Crippen LogP contribution in [0.4, 0.5) is 0 Å². The van der Waals surface area contributed by atoms with Crippen LogP contribution in [0.3, 0.4) is 0 Å². The van der Waals surface area contributed by atoms with E-state index >= 15 is 0 Å². The van der Waals surface area contributed by atoms with E-state index in [1.54, 1.807) is 13.3 Å². The van der Waals surface area contributed by atoms with E-state index in [9.17, 15) is 0 Å². The molecular formula is C11H16ClNO2. The third kappa shape index (κ3) is 3.08. The van der Waals surface area contributed by atoms with Crippen molar-refractivity contribution >= 4 is 11.6 Å². The standard InChI is InChI=1S/C11H16ClNO2/c1-4-11(14-3)15-10-5-6-13-9(7-12)8(10)2/h5-6,11H,4,7H2,1-3H3. The van der Waals surface area contributed by atoms with Crippen LogP contribution in [0.15, 0.2) is 12.3 Å². The van der Waals surface area contributed by atoms with Gasteiger partial charge in [-0.15, -0.1) is 11.6 Å². The lowest BCUT2D eigenvalue weighted by molar-refractivity contribution is -0.0552. The summed E-state index contributed by atoms with van der Waals surface area (Å²) < 4.78 is 10.8. The number of hydrogen-bond acceptors (Lipinski definition) is 3. The number of rotatable bonds is 5. The van der Waals surface area contributed by atoms with Crippen LogP contribution in [0.25, 0.3) is 0 Å². The maximum atomic E-state index is 5.76. The van der Waals surface area contributed by atoms with Crippen molar-refractivity contribution in [2.75, 3.05) is 7.11 Å². The summed E-state index contributed by atoms with van der Waals surface area (Å²) >= 11 is 5.76. The molecule has 0 spiro atoms. The molecule has 0 saturated carbocycles. The molecule has 0 aliphatic rings. The van der Waals surface area contributed by atoms with Crippen LogP contribution >= 0.6 is 11.6 Å². The number of alkyl halides is 1. The third-order valence-corrected chi connectivity index (χ3v) is 2.49. The molecule has 0 N–H and O–H groups in total. The topological polar surface area (TPSA) is 31.4 Å². The Bertz CT molecular complexity index is 313.